The minimum absolute atomic E-state index is 0.114. The summed E-state index contributed by atoms with van der Waals surface area (Å²) in [6.07, 6.45) is -0.509. The molecule has 152 valence electrons. The molecule has 2 N–H and O–H groups in total. The lowest BCUT2D eigenvalue weighted by Crippen LogP contribution is -2.42. The normalized spacial score (nSPS) is 11.6. The quantitative estimate of drug-likeness (QED) is 0.442. The van der Waals surface area contributed by atoms with Crippen LogP contribution in [0.1, 0.15) is 26.3 Å². The second-order valence-corrected chi connectivity index (χ2v) is 8.40. The highest BCUT2D eigenvalue weighted by atomic mass is 16.6. The number of hydrogen-bond donors (Lipinski definition) is 2. The van der Waals surface area contributed by atoms with E-state index >= 15 is 0 Å². The Morgan fingerprint density at radius 1 is 0.833 bits per heavy atom. The molecule has 4 nitrogen and oxygen atoms in total. The standard InChI is InChI=1S/C26H25NO3/c1-26(2,3)27-25(29)30-22-15-14-18-9-5-7-11-21(18)24(22)23-19(16-28)13-12-17-8-4-6-10-20(17)23/h4-15,28H,16H2,1-3H3,(H,27,29). The Morgan fingerprint density at radius 3 is 2.00 bits per heavy atom. The Labute approximate surface area is 176 Å². The zero-order valence-electron chi connectivity index (χ0n) is 17.4. The first-order chi connectivity index (χ1) is 14.4. The van der Waals surface area contributed by atoms with E-state index in [0.29, 0.717) is 5.75 Å². The third kappa shape index (κ3) is 3.87. The summed E-state index contributed by atoms with van der Waals surface area (Å²) in [6, 6.07) is 23.7. The molecule has 0 spiro atoms. The lowest BCUT2D eigenvalue weighted by molar-refractivity contribution is 0.191. The number of ether oxygens (including phenoxy) is 1. The smallest absolute Gasteiger partial charge is 0.410 e. The van der Waals surface area contributed by atoms with Crippen LogP contribution in [0.2, 0.25) is 0 Å². The first-order valence-electron chi connectivity index (χ1n) is 10.0. The van der Waals surface area contributed by atoms with Crippen molar-refractivity contribution in [1.82, 2.24) is 5.32 Å². The van der Waals surface area contributed by atoms with E-state index in [9.17, 15) is 9.90 Å². The molecule has 0 atom stereocenters. The second kappa shape index (κ2) is 7.81. The highest BCUT2D eigenvalue weighted by molar-refractivity contribution is 6.09. The summed E-state index contributed by atoms with van der Waals surface area (Å²) in [5, 5.41) is 17.0. The van der Waals surface area contributed by atoms with Gasteiger partial charge in [0.05, 0.1) is 6.61 Å². The van der Waals surface area contributed by atoms with E-state index in [1.54, 1.807) is 0 Å². The number of carbonyl (C=O) groups excluding carboxylic acids is 1. The topological polar surface area (TPSA) is 58.6 Å². The van der Waals surface area contributed by atoms with Crippen molar-refractivity contribution in [2.24, 2.45) is 0 Å². The number of hydrogen-bond acceptors (Lipinski definition) is 3. The van der Waals surface area contributed by atoms with Gasteiger partial charge in [0.15, 0.2) is 0 Å². The van der Waals surface area contributed by atoms with Crippen LogP contribution in [0.5, 0.6) is 5.75 Å². The average Bonchev–Trinajstić information content (AvgIpc) is 2.71. The number of amides is 1. The number of rotatable bonds is 3. The number of aliphatic hydroxyl groups is 1. The highest BCUT2D eigenvalue weighted by Crippen LogP contribution is 2.42. The fraction of sp³-hybridized carbons (Fsp3) is 0.192. The first-order valence-corrected chi connectivity index (χ1v) is 10.0. The van der Waals surface area contributed by atoms with Gasteiger partial charge in [-0.2, -0.15) is 0 Å². The van der Waals surface area contributed by atoms with Gasteiger partial charge >= 0.3 is 6.09 Å². The SMILES string of the molecule is CC(C)(C)NC(=O)Oc1ccc2ccccc2c1-c1c(CO)ccc2ccccc12. The van der Waals surface area contributed by atoms with E-state index in [4.69, 9.17) is 4.74 Å². The Kier molecular flexibility index (Phi) is 5.18. The zero-order chi connectivity index (χ0) is 21.3. The molecule has 0 aromatic heterocycles. The lowest BCUT2D eigenvalue weighted by Gasteiger charge is -2.22. The summed E-state index contributed by atoms with van der Waals surface area (Å²) in [5.41, 5.74) is 2.05. The van der Waals surface area contributed by atoms with Gasteiger partial charge in [0.25, 0.3) is 0 Å². The predicted molar refractivity (Wildman–Crippen MR) is 122 cm³/mol. The fourth-order valence-corrected chi connectivity index (χ4v) is 3.77. The molecule has 0 aliphatic carbocycles. The molecule has 4 aromatic rings. The summed E-state index contributed by atoms with van der Waals surface area (Å²) in [7, 11) is 0. The van der Waals surface area contributed by atoms with Crippen LogP contribution < -0.4 is 10.1 Å². The zero-order valence-corrected chi connectivity index (χ0v) is 17.4. The maximum atomic E-state index is 12.6. The van der Waals surface area contributed by atoms with Gasteiger partial charge in [-0.3, -0.25) is 0 Å². The maximum Gasteiger partial charge on any atom is 0.413 e. The molecule has 4 aromatic carbocycles. The van der Waals surface area contributed by atoms with Crippen LogP contribution in [0.4, 0.5) is 4.79 Å². The molecule has 0 bridgehead atoms. The van der Waals surface area contributed by atoms with E-state index in [-0.39, 0.29) is 6.61 Å². The van der Waals surface area contributed by atoms with E-state index in [2.05, 4.69) is 5.32 Å². The monoisotopic (exact) mass is 399 g/mol. The third-order valence-electron chi connectivity index (χ3n) is 5.01. The maximum absolute atomic E-state index is 12.6. The number of carbonyl (C=O) groups is 1. The van der Waals surface area contributed by atoms with Crippen LogP contribution >= 0.6 is 0 Å². The Balaban J connectivity index is 2.01. The van der Waals surface area contributed by atoms with Crippen molar-refractivity contribution in [2.45, 2.75) is 32.9 Å². The van der Waals surface area contributed by atoms with Crippen molar-refractivity contribution in [2.75, 3.05) is 0 Å². The van der Waals surface area contributed by atoms with E-state index in [1.165, 1.54) is 0 Å². The molecule has 0 saturated heterocycles. The first kappa shape index (κ1) is 19.9. The summed E-state index contributed by atoms with van der Waals surface area (Å²) in [5.74, 6) is 0.460. The minimum atomic E-state index is -0.509. The number of fused-ring (bicyclic) bond motifs is 2. The summed E-state index contributed by atoms with van der Waals surface area (Å²) < 4.78 is 5.80. The van der Waals surface area contributed by atoms with Crippen LogP contribution in [-0.4, -0.2) is 16.7 Å². The fourth-order valence-electron chi connectivity index (χ4n) is 3.77. The Bertz CT molecular complexity index is 1240. The van der Waals surface area contributed by atoms with Gasteiger partial charge in [-0.25, -0.2) is 4.79 Å². The number of nitrogens with one attached hydrogen (secondary N) is 1. The van der Waals surface area contributed by atoms with Gasteiger partial charge in [0.2, 0.25) is 0 Å². The van der Waals surface area contributed by atoms with E-state index in [1.807, 2.05) is 93.6 Å². The number of aliphatic hydroxyl groups excluding tert-OH is 1. The van der Waals surface area contributed by atoms with Gasteiger partial charge in [0.1, 0.15) is 5.75 Å². The predicted octanol–water partition coefficient (Wildman–Crippen LogP) is 6.04. The largest absolute Gasteiger partial charge is 0.413 e. The molecular formula is C26H25NO3. The molecule has 0 unspecified atom stereocenters. The molecular weight excluding hydrogens is 374 g/mol. The molecule has 0 saturated carbocycles. The molecule has 1 amide bonds. The molecule has 0 aliphatic heterocycles. The minimum Gasteiger partial charge on any atom is -0.410 e. The van der Waals surface area contributed by atoms with Crippen molar-refractivity contribution < 1.29 is 14.6 Å². The van der Waals surface area contributed by atoms with Crippen molar-refractivity contribution in [3.8, 4) is 16.9 Å². The molecule has 30 heavy (non-hydrogen) atoms. The van der Waals surface area contributed by atoms with Crippen LogP contribution in [-0.2, 0) is 6.61 Å². The summed E-state index contributed by atoms with van der Waals surface area (Å²) >= 11 is 0. The molecule has 4 heteroatoms. The molecule has 4 rings (SSSR count). The van der Waals surface area contributed by atoms with Crippen LogP contribution in [0.3, 0.4) is 0 Å². The Morgan fingerprint density at radius 2 is 1.40 bits per heavy atom. The van der Waals surface area contributed by atoms with Crippen molar-refractivity contribution in [1.29, 1.82) is 0 Å². The average molecular weight is 399 g/mol. The second-order valence-electron chi connectivity index (χ2n) is 8.40. The van der Waals surface area contributed by atoms with Crippen LogP contribution in [0.25, 0.3) is 32.7 Å². The molecule has 0 fully saturated rings. The van der Waals surface area contributed by atoms with Crippen molar-refractivity contribution >= 4 is 27.6 Å². The van der Waals surface area contributed by atoms with E-state index < -0.39 is 11.6 Å². The van der Waals surface area contributed by atoms with Gasteiger partial charge < -0.3 is 15.2 Å². The third-order valence-corrected chi connectivity index (χ3v) is 5.01. The summed E-state index contributed by atoms with van der Waals surface area (Å²) in [4.78, 5) is 12.6. The summed E-state index contributed by atoms with van der Waals surface area (Å²) in [6.45, 7) is 5.61. The van der Waals surface area contributed by atoms with Gasteiger partial charge in [-0.05, 0) is 59.5 Å². The highest BCUT2D eigenvalue weighted by Gasteiger charge is 2.21. The lowest BCUT2D eigenvalue weighted by atomic mass is 9.89. The molecule has 0 radical (unpaired) electrons. The van der Waals surface area contributed by atoms with Crippen molar-refractivity contribution in [3.63, 3.8) is 0 Å². The van der Waals surface area contributed by atoms with E-state index in [0.717, 1.165) is 38.2 Å². The van der Waals surface area contributed by atoms with Gasteiger partial charge in [0, 0.05) is 11.1 Å². The molecule has 0 heterocycles. The molecule has 0 aliphatic rings. The Hall–Kier alpha value is -3.37. The van der Waals surface area contributed by atoms with Crippen LogP contribution in [0.15, 0.2) is 72.8 Å². The van der Waals surface area contributed by atoms with Gasteiger partial charge in [-0.1, -0.05) is 66.7 Å². The van der Waals surface area contributed by atoms with Crippen LogP contribution in [0, 0.1) is 0 Å². The van der Waals surface area contributed by atoms with Crippen molar-refractivity contribution in [3.05, 3.63) is 78.4 Å². The number of benzene rings is 4. The van der Waals surface area contributed by atoms with Gasteiger partial charge in [-0.15, -0.1) is 0 Å².